The summed E-state index contributed by atoms with van der Waals surface area (Å²) < 4.78 is 18.4. The average Bonchev–Trinajstić information content (AvgIpc) is 2.38. The van der Waals surface area contributed by atoms with E-state index in [1.54, 1.807) is 0 Å². The van der Waals surface area contributed by atoms with Crippen LogP contribution in [0.15, 0.2) is 36.5 Å². The first-order chi connectivity index (χ1) is 9.08. The van der Waals surface area contributed by atoms with Crippen molar-refractivity contribution in [2.75, 3.05) is 5.73 Å². The number of pyridine rings is 1. The molecule has 0 unspecified atom stereocenters. The van der Waals surface area contributed by atoms with Gasteiger partial charge >= 0.3 is 5.97 Å². The maximum absolute atomic E-state index is 13.4. The second kappa shape index (κ2) is 5.67. The molecule has 98 valence electrons. The first kappa shape index (κ1) is 13.3. The summed E-state index contributed by atoms with van der Waals surface area (Å²) in [5.41, 5.74) is 6.12. The van der Waals surface area contributed by atoms with Gasteiger partial charge in [0.1, 0.15) is 18.1 Å². The molecule has 0 amide bonds. The average molecular weight is 281 g/mol. The van der Waals surface area contributed by atoms with E-state index < -0.39 is 11.8 Å². The quantitative estimate of drug-likeness (QED) is 0.878. The molecule has 19 heavy (non-hydrogen) atoms. The fourth-order valence-electron chi connectivity index (χ4n) is 1.41. The fourth-order valence-corrected chi connectivity index (χ4v) is 1.63. The van der Waals surface area contributed by atoms with E-state index in [1.807, 2.05) is 0 Å². The van der Waals surface area contributed by atoms with E-state index in [9.17, 15) is 9.18 Å². The Morgan fingerprint density at radius 1 is 1.37 bits per heavy atom. The van der Waals surface area contributed by atoms with Gasteiger partial charge in [-0.15, -0.1) is 0 Å². The fraction of sp³-hybridized carbons (Fsp3) is 0.0769. The predicted octanol–water partition coefficient (Wildman–Crippen LogP) is 2.81. The lowest BCUT2D eigenvalue weighted by atomic mass is 10.2. The van der Waals surface area contributed by atoms with Gasteiger partial charge in [-0.1, -0.05) is 17.7 Å². The highest BCUT2D eigenvalue weighted by Gasteiger charge is 2.12. The molecule has 0 aliphatic heterocycles. The first-order valence-electron chi connectivity index (χ1n) is 5.39. The number of carbonyl (C=O) groups is 1. The molecule has 4 nitrogen and oxygen atoms in total. The maximum atomic E-state index is 13.4. The molecule has 0 aliphatic carbocycles. The van der Waals surface area contributed by atoms with Crippen LogP contribution < -0.4 is 5.73 Å². The predicted molar refractivity (Wildman–Crippen MR) is 69.2 cm³/mol. The summed E-state index contributed by atoms with van der Waals surface area (Å²) in [4.78, 5) is 15.5. The number of ether oxygens (including phenoxy) is 1. The monoisotopic (exact) mass is 280 g/mol. The Kier molecular flexibility index (Phi) is 3.97. The second-order valence-corrected chi connectivity index (χ2v) is 4.16. The molecule has 0 saturated heterocycles. The summed E-state index contributed by atoms with van der Waals surface area (Å²) in [6, 6.07) is 7.20. The van der Waals surface area contributed by atoms with Crippen molar-refractivity contribution in [3.8, 4) is 0 Å². The minimum atomic E-state index is -0.667. The second-order valence-electron chi connectivity index (χ2n) is 3.75. The van der Waals surface area contributed by atoms with E-state index in [1.165, 1.54) is 36.5 Å². The van der Waals surface area contributed by atoms with Crippen molar-refractivity contribution in [1.29, 1.82) is 0 Å². The van der Waals surface area contributed by atoms with Crippen molar-refractivity contribution in [3.05, 3.63) is 58.6 Å². The van der Waals surface area contributed by atoms with Crippen LogP contribution in [0.25, 0.3) is 0 Å². The van der Waals surface area contributed by atoms with Crippen LogP contribution >= 0.6 is 11.6 Å². The number of halogens is 2. The van der Waals surface area contributed by atoms with Gasteiger partial charge in [0.15, 0.2) is 0 Å². The third kappa shape index (κ3) is 3.20. The van der Waals surface area contributed by atoms with Crippen molar-refractivity contribution in [1.82, 2.24) is 4.98 Å². The van der Waals surface area contributed by atoms with Crippen molar-refractivity contribution >= 4 is 23.3 Å². The molecule has 0 radical (unpaired) electrons. The Hall–Kier alpha value is -2.14. The number of nitrogens with two attached hydrogens (primary N) is 1. The number of carbonyl (C=O) groups excluding carboxylic acids is 1. The summed E-state index contributed by atoms with van der Waals surface area (Å²) in [5.74, 6) is -1.19. The Morgan fingerprint density at radius 2 is 2.16 bits per heavy atom. The number of hydrogen-bond acceptors (Lipinski definition) is 4. The summed E-state index contributed by atoms with van der Waals surface area (Å²) in [7, 11) is 0. The van der Waals surface area contributed by atoms with Gasteiger partial charge in [0, 0.05) is 5.56 Å². The molecule has 0 fully saturated rings. The zero-order chi connectivity index (χ0) is 13.8. The first-order valence-corrected chi connectivity index (χ1v) is 5.77. The lowest BCUT2D eigenvalue weighted by Gasteiger charge is -2.07. The highest BCUT2D eigenvalue weighted by molar-refractivity contribution is 6.31. The van der Waals surface area contributed by atoms with E-state index >= 15 is 0 Å². The molecule has 0 bridgehead atoms. The molecule has 2 aromatic rings. The van der Waals surface area contributed by atoms with Gasteiger partial charge in [-0.25, -0.2) is 14.2 Å². The lowest BCUT2D eigenvalue weighted by Crippen LogP contribution is -2.08. The topological polar surface area (TPSA) is 65.2 Å². The van der Waals surface area contributed by atoms with Crippen LogP contribution in [0.2, 0.25) is 5.02 Å². The van der Waals surface area contributed by atoms with Crippen LogP contribution in [-0.2, 0) is 11.3 Å². The summed E-state index contributed by atoms with van der Waals surface area (Å²) in [6.07, 6.45) is 1.34. The summed E-state index contributed by atoms with van der Waals surface area (Å²) >= 11 is 5.82. The lowest BCUT2D eigenvalue weighted by molar-refractivity contribution is 0.0462. The van der Waals surface area contributed by atoms with Gasteiger partial charge in [0.05, 0.1) is 16.9 Å². The van der Waals surface area contributed by atoms with Gasteiger partial charge in [0.25, 0.3) is 0 Å². The number of benzene rings is 1. The zero-order valence-corrected chi connectivity index (χ0v) is 10.5. The Bertz CT molecular complexity index is 582. The number of rotatable bonds is 3. The third-order valence-corrected chi connectivity index (χ3v) is 2.76. The van der Waals surface area contributed by atoms with Crippen LogP contribution in [0.4, 0.5) is 10.1 Å². The highest BCUT2D eigenvalue weighted by atomic mass is 35.5. The number of nitrogens with zero attached hydrogens (tertiary/aromatic N) is 1. The van der Waals surface area contributed by atoms with E-state index in [-0.39, 0.29) is 22.9 Å². The highest BCUT2D eigenvalue weighted by Crippen LogP contribution is 2.20. The SMILES string of the molecule is Nc1ccc(C(=O)OCc2c(F)cccc2Cl)nc1. The van der Waals surface area contributed by atoms with Crippen molar-refractivity contribution in [2.45, 2.75) is 6.61 Å². The van der Waals surface area contributed by atoms with Crippen molar-refractivity contribution < 1.29 is 13.9 Å². The maximum Gasteiger partial charge on any atom is 0.357 e. The summed E-state index contributed by atoms with van der Waals surface area (Å²) in [5, 5.41) is 0.207. The van der Waals surface area contributed by atoms with Crippen LogP contribution in [0.5, 0.6) is 0 Å². The molecule has 1 aromatic carbocycles. The molecule has 2 rings (SSSR count). The standard InChI is InChI=1S/C13H10ClFN2O2/c14-10-2-1-3-11(15)9(10)7-19-13(18)12-5-4-8(16)6-17-12/h1-6H,7,16H2. The Labute approximate surface area is 114 Å². The molecule has 1 heterocycles. The molecular formula is C13H10ClFN2O2. The summed E-state index contributed by atoms with van der Waals surface area (Å²) in [6.45, 7) is -0.254. The number of hydrogen-bond donors (Lipinski definition) is 1. The minimum absolute atomic E-state index is 0.0988. The number of aromatic nitrogens is 1. The van der Waals surface area contributed by atoms with Crippen molar-refractivity contribution in [3.63, 3.8) is 0 Å². The van der Waals surface area contributed by atoms with Gasteiger partial charge in [-0.05, 0) is 24.3 Å². The molecule has 2 N–H and O–H groups in total. The number of esters is 1. The van der Waals surface area contributed by atoms with E-state index in [4.69, 9.17) is 22.1 Å². The van der Waals surface area contributed by atoms with Crippen LogP contribution in [0, 0.1) is 5.82 Å². The van der Waals surface area contributed by atoms with Crippen LogP contribution in [0.3, 0.4) is 0 Å². The Morgan fingerprint density at radius 3 is 2.79 bits per heavy atom. The molecule has 6 heteroatoms. The van der Waals surface area contributed by atoms with E-state index in [0.29, 0.717) is 5.69 Å². The van der Waals surface area contributed by atoms with Crippen LogP contribution in [-0.4, -0.2) is 11.0 Å². The third-order valence-electron chi connectivity index (χ3n) is 2.40. The number of nitrogen functional groups attached to an aromatic ring is 1. The van der Waals surface area contributed by atoms with E-state index in [0.717, 1.165) is 0 Å². The van der Waals surface area contributed by atoms with Gasteiger partial charge < -0.3 is 10.5 Å². The number of anilines is 1. The smallest absolute Gasteiger partial charge is 0.357 e. The zero-order valence-electron chi connectivity index (χ0n) is 9.77. The van der Waals surface area contributed by atoms with Crippen LogP contribution in [0.1, 0.15) is 16.1 Å². The van der Waals surface area contributed by atoms with Crippen molar-refractivity contribution in [2.24, 2.45) is 0 Å². The molecular weight excluding hydrogens is 271 g/mol. The molecule has 0 atom stereocenters. The van der Waals surface area contributed by atoms with Gasteiger partial charge in [-0.2, -0.15) is 0 Å². The van der Waals surface area contributed by atoms with Gasteiger partial charge in [-0.3, -0.25) is 0 Å². The van der Waals surface area contributed by atoms with E-state index in [2.05, 4.69) is 4.98 Å². The molecule has 0 aliphatic rings. The van der Waals surface area contributed by atoms with Gasteiger partial charge in [0.2, 0.25) is 0 Å². The Balaban J connectivity index is 2.06. The minimum Gasteiger partial charge on any atom is -0.456 e. The molecule has 0 spiro atoms. The molecule has 1 aromatic heterocycles. The largest absolute Gasteiger partial charge is 0.456 e. The molecule has 0 saturated carbocycles. The normalized spacial score (nSPS) is 10.2.